The molecule has 1 aliphatic heterocycles. The van der Waals surface area contributed by atoms with Crippen LogP contribution >= 0.6 is 0 Å². The molecular weight excluding hydrogens is 228 g/mol. The highest BCUT2D eigenvalue weighted by molar-refractivity contribution is 5.80. The van der Waals surface area contributed by atoms with Gasteiger partial charge in [-0.3, -0.25) is 9.63 Å². The number of carbonyl (C=O) groups excluding carboxylic acids is 1. The molecule has 1 aliphatic rings. The Morgan fingerprint density at radius 1 is 1.44 bits per heavy atom. The van der Waals surface area contributed by atoms with E-state index in [0.717, 1.165) is 24.9 Å². The lowest BCUT2D eigenvalue weighted by Gasteiger charge is -2.26. The number of amides is 1. The fraction of sp³-hybridized carbons (Fsp3) is 0.500. The minimum atomic E-state index is -0.121. The van der Waals surface area contributed by atoms with E-state index in [1.54, 1.807) is 0 Å². The Morgan fingerprint density at radius 3 is 2.94 bits per heavy atom. The molecule has 4 nitrogen and oxygen atoms in total. The van der Waals surface area contributed by atoms with Crippen LogP contribution in [-0.2, 0) is 16.2 Å². The van der Waals surface area contributed by atoms with E-state index in [0.29, 0.717) is 12.5 Å². The van der Waals surface area contributed by atoms with E-state index >= 15 is 0 Å². The van der Waals surface area contributed by atoms with Crippen molar-refractivity contribution in [3.8, 4) is 0 Å². The van der Waals surface area contributed by atoms with E-state index < -0.39 is 0 Å². The molecule has 0 saturated carbocycles. The van der Waals surface area contributed by atoms with Gasteiger partial charge in [0.25, 0.3) is 5.91 Å². The predicted molar refractivity (Wildman–Crippen MR) is 69.6 cm³/mol. The van der Waals surface area contributed by atoms with Crippen LogP contribution in [0.15, 0.2) is 30.3 Å². The third-order valence-corrected chi connectivity index (χ3v) is 3.24. The number of hydrogen-bond donors (Lipinski definition) is 2. The van der Waals surface area contributed by atoms with Crippen LogP contribution in [0.1, 0.15) is 25.3 Å². The van der Waals surface area contributed by atoms with Crippen molar-refractivity contribution in [3.05, 3.63) is 35.9 Å². The van der Waals surface area contributed by atoms with Crippen LogP contribution in [0.2, 0.25) is 0 Å². The number of nitrogens with one attached hydrogen (secondary N) is 2. The zero-order chi connectivity index (χ0) is 12.8. The lowest BCUT2D eigenvalue weighted by molar-refractivity contribution is -0.137. The van der Waals surface area contributed by atoms with Crippen LogP contribution in [-0.4, -0.2) is 18.5 Å². The molecule has 0 spiro atoms. The van der Waals surface area contributed by atoms with Crippen molar-refractivity contribution in [2.45, 2.75) is 32.4 Å². The number of piperidine rings is 1. The summed E-state index contributed by atoms with van der Waals surface area (Å²) in [7, 11) is 0. The van der Waals surface area contributed by atoms with E-state index in [-0.39, 0.29) is 11.9 Å². The largest absolute Gasteiger partial charge is 0.306 e. The van der Waals surface area contributed by atoms with E-state index in [4.69, 9.17) is 4.84 Å². The predicted octanol–water partition coefficient (Wildman–Crippen LogP) is 1.62. The summed E-state index contributed by atoms with van der Waals surface area (Å²) < 4.78 is 0. The number of carbonyl (C=O) groups is 1. The van der Waals surface area contributed by atoms with E-state index in [1.165, 1.54) is 0 Å². The average molecular weight is 248 g/mol. The smallest absolute Gasteiger partial charge is 0.260 e. The second-order valence-electron chi connectivity index (χ2n) is 4.88. The van der Waals surface area contributed by atoms with Crippen LogP contribution in [0.5, 0.6) is 0 Å². The average Bonchev–Trinajstić information content (AvgIpc) is 2.40. The summed E-state index contributed by atoms with van der Waals surface area (Å²) in [5.41, 5.74) is 3.56. The molecule has 1 heterocycles. The van der Waals surface area contributed by atoms with Gasteiger partial charge in [0.05, 0.1) is 12.6 Å². The fourth-order valence-corrected chi connectivity index (χ4v) is 2.14. The summed E-state index contributed by atoms with van der Waals surface area (Å²) in [5, 5.41) is 3.21. The molecule has 0 bridgehead atoms. The minimum absolute atomic E-state index is 0.0718. The molecule has 1 saturated heterocycles. The summed E-state index contributed by atoms with van der Waals surface area (Å²) in [6, 6.07) is 9.66. The topological polar surface area (TPSA) is 50.4 Å². The van der Waals surface area contributed by atoms with Gasteiger partial charge in [0.1, 0.15) is 0 Å². The molecule has 4 heteroatoms. The molecule has 1 aromatic rings. The highest BCUT2D eigenvalue weighted by atomic mass is 16.6. The van der Waals surface area contributed by atoms with Gasteiger partial charge in [-0.1, -0.05) is 37.3 Å². The first-order valence-corrected chi connectivity index (χ1v) is 6.44. The third-order valence-electron chi connectivity index (χ3n) is 3.24. The maximum atomic E-state index is 11.8. The second kappa shape index (κ2) is 6.52. The van der Waals surface area contributed by atoms with Crippen LogP contribution in [0.25, 0.3) is 0 Å². The number of benzene rings is 1. The fourth-order valence-electron chi connectivity index (χ4n) is 2.14. The van der Waals surface area contributed by atoms with Crippen molar-refractivity contribution in [2.24, 2.45) is 5.92 Å². The van der Waals surface area contributed by atoms with Crippen molar-refractivity contribution in [1.29, 1.82) is 0 Å². The Bertz CT molecular complexity index is 381. The van der Waals surface area contributed by atoms with Gasteiger partial charge in [0.15, 0.2) is 0 Å². The standard InChI is InChI=1S/C14H20N2O2/c1-11-7-8-15-13(9-11)14(17)16-18-10-12-5-3-2-4-6-12/h2-6,11,13,15H,7-10H2,1H3,(H,16,17). The van der Waals surface area contributed by atoms with Crippen molar-refractivity contribution >= 4 is 5.91 Å². The Morgan fingerprint density at radius 2 is 2.22 bits per heavy atom. The highest BCUT2D eigenvalue weighted by Crippen LogP contribution is 2.14. The lowest BCUT2D eigenvalue weighted by Crippen LogP contribution is -2.48. The monoisotopic (exact) mass is 248 g/mol. The molecule has 2 N–H and O–H groups in total. The molecule has 1 amide bonds. The molecule has 2 unspecified atom stereocenters. The van der Waals surface area contributed by atoms with Crippen LogP contribution in [0.4, 0.5) is 0 Å². The lowest BCUT2D eigenvalue weighted by atomic mass is 9.94. The number of hydroxylamine groups is 1. The van der Waals surface area contributed by atoms with Gasteiger partial charge in [0.2, 0.25) is 0 Å². The molecular formula is C14H20N2O2. The first-order chi connectivity index (χ1) is 8.75. The normalized spacial score (nSPS) is 23.6. The van der Waals surface area contributed by atoms with Gasteiger partial charge in [-0.2, -0.15) is 0 Å². The Hall–Kier alpha value is -1.39. The third kappa shape index (κ3) is 3.82. The summed E-state index contributed by atoms with van der Waals surface area (Å²) in [6.45, 7) is 3.47. The van der Waals surface area contributed by atoms with Gasteiger partial charge >= 0.3 is 0 Å². The molecule has 1 fully saturated rings. The van der Waals surface area contributed by atoms with Crippen LogP contribution in [0.3, 0.4) is 0 Å². The number of rotatable bonds is 4. The first-order valence-electron chi connectivity index (χ1n) is 6.44. The van der Waals surface area contributed by atoms with Gasteiger partial charge in [-0.15, -0.1) is 0 Å². The SMILES string of the molecule is CC1CCNC(C(=O)NOCc2ccccc2)C1. The van der Waals surface area contributed by atoms with Crippen molar-refractivity contribution in [2.75, 3.05) is 6.54 Å². The molecule has 2 atom stereocenters. The number of hydrogen-bond acceptors (Lipinski definition) is 3. The molecule has 1 aromatic carbocycles. The molecule has 0 aromatic heterocycles. The first kappa shape index (κ1) is 13.1. The zero-order valence-electron chi connectivity index (χ0n) is 10.7. The van der Waals surface area contributed by atoms with E-state index in [1.807, 2.05) is 30.3 Å². The maximum Gasteiger partial charge on any atom is 0.260 e. The van der Waals surface area contributed by atoms with Crippen molar-refractivity contribution in [3.63, 3.8) is 0 Å². The van der Waals surface area contributed by atoms with Gasteiger partial charge in [-0.05, 0) is 30.9 Å². The Labute approximate surface area is 108 Å². The summed E-state index contributed by atoms with van der Waals surface area (Å²) in [6.07, 6.45) is 2.01. The van der Waals surface area contributed by atoms with Crippen LogP contribution in [0, 0.1) is 5.92 Å². The molecule has 98 valence electrons. The second-order valence-corrected chi connectivity index (χ2v) is 4.88. The molecule has 0 radical (unpaired) electrons. The Balaban J connectivity index is 1.71. The van der Waals surface area contributed by atoms with Gasteiger partial charge in [-0.25, -0.2) is 5.48 Å². The van der Waals surface area contributed by atoms with Gasteiger partial charge < -0.3 is 5.32 Å². The van der Waals surface area contributed by atoms with Crippen LogP contribution < -0.4 is 10.8 Å². The minimum Gasteiger partial charge on any atom is -0.306 e. The molecule has 18 heavy (non-hydrogen) atoms. The van der Waals surface area contributed by atoms with E-state index in [2.05, 4.69) is 17.7 Å². The molecule has 2 rings (SSSR count). The van der Waals surface area contributed by atoms with Crippen molar-refractivity contribution in [1.82, 2.24) is 10.8 Å². The van der Waals surface area contributed by atoms with Gasteiger partial charge in [0, 0.05) is 0 Å². The molecule has 0 aliphatic carbocycles. The van der Waals surface area contributed by atoms with E-state index in [9.17, 15) is 4.79 Å². The summed E-state index contributed by atoms with van der Waals surface area (Å²) >= 11 is 0. The zero-order valence-corrected chi connectivity index (χ0v) is 10.7. The van der Waals surface area contributed by atoms with Crippen molar-refractivity contribution < 1.29 is 9.63 Å². The highest BCUT2D eigenvalue weighted by Gasteiger charge is 2.24. The Kier molecular flexibility index (Phi) is 4.73. The quantitative estimate of drug-likeness (QED) is 0.796. The summed E-state index contributed by atoms with van der Waals surface area (Å²) in [4.78, 5) is 17.1. The maximum absolute atomic E-state index is 11.8. The summed E-state index contributed by atoms with van der Waals surface area (Å²) in [5.74, 6) is 0.522.